The topological polar surface area (TPSA) is 184 Å². The summed E-state index contributed by atoms with van der Waals surface area (Å²) in [5.41, 5.74) is 0.293. The molecule has 1 aromatic carbocycles. The van der Waals surface area contributed by atoms with Crippen molar-refractivity contribution >= 4 is 24.8 Å². The minimum absolute atomic E-state index is 0.0263. The van der Waals surface area contributed by atoms with Crippen LogP contribution in [0.3, 0.4) is 0 Å². The highest BCUT2D eigenvalue weighted by molar-refractivity contribution is 6.43. The third-order valence-electron chi connectivity index (χ3n) is 5.69. The van der Waals surface area contributed by atoms with Gasteiger partial charge in [0.05, 0.1) is 5.94 Å². The van der Waals surface area contributed by atoms with Crippen LogP contribution in [0, 0.1) is 17.2 Å². The van der Waals surface area contributed by atoms with Crippen LogP contribution >= 0.6 is 0 Å². The van der Waals surface area contributed by atoms with Gasteiger partial charge in [-0.3, -0.25) is 19.2 Å². The number of nitrogens with one attached hydrogen (secondary N) is 4. The molecule has 206 valence electrons. The first-order chi connectivity index (χ1) is 18.6. The quantitative estimate of drug-likeness (QED) is 0.0886. The average Bonchev–Trinajstić information content (AvgIpc) is 2.90. The number of rotatable bonds is 14. The highest BCUT2D eigenvalue weighted by Crippen LogP contribution is 2.08. The highest BCUT2D eigenvalue weighted by Gasteiger charge is 2.29. The lowest BCUT2D eigenvalue weighted by Gasteiger charge is -2.23. The minimum atomic E-state index is -1.85. The Morgan fingerprint density at radius 2 is 1.77 bits per heavy atom. The normalized spacial score (nSPS) is 12.7. The van der Waals surface area contributed by atoms with Crippen LogP contribution in [0.25, 0.3) is 0 Å². The molecular weight excluding hydrogens is 501 g/mol. The van der Waals surface area contributed by atoms with E-state index >= 15 is 0 Å². The van der Waals surface area contributed by atoms with Gasteiger partial charge >= 0.3 is 7.12 Å². The molecule has 0 spiro atoms. The van der Waals surface area contributed by atoms with E-state index in [-0.39, 0.29) is 36.6 Å². The lowest BCUT2D eigenvalue weighted by atomic mass is 9.75. The molecule has 1 aromatic heterocycles. The maximum atomic E-state index is 13.2. The second-order valence-electron chi connectivity index (χ2n) is 9.36. The molecule has 12 heteroatoms. The molecule has 0 aliphatic rings. The fourth-order valence-corrected chi connectivity index (χ4v) is 3.74. The summed E-state index contributed by atoms with van der Waals surface area (Å²) >= 11 is 0. The number of carbonyl (C=O) groups excluding carboxylic acids is 3. The van der Waals surface area contributed by atoms with Crippen molar-refractivity contribution in [3.8, 4) is 6.07 Å². The summed E-state index contributed by atoms with van der Waals surface area (Å²) in [4.78, 5) is 52.1. The van der Waals surface area contributed by atoms with E-state index in [1.807, 2.05) is 26.0 Å². The molecule has 0 saturated heterocycles. The first-order valence-corrected chi connectivity index (χ1v) is 12.7. The smallest absolute Gasteiger partial charge is 0.426 e. The summed E-state index contributed by atoms with van der Waals surface area (Å²) in [7, 11) is -1.85. The van der Waals surface area contributed by atoms with Gasteiger partial charge in [0.15, 0.2) is 0 Å². The number of carbonyl (C=O) groups is 3. The zero-order valence-electron chi connectivity index (χ0n) is 22.0. The Labute approximate surface area is 227 Å². The Bertz CT molecular complexity index is 1240. The lowest BCUT2D eigenvalue weighted by molar-refractivity contribution is -0.123. The number of aromatic nitrogens is 1. The van der Waals surface area contributed by atoms with Crippen molar-refractivity contribution in [2.24, 2.45) is 5.92 Å². The van der Waals surface area contributed by atoms with E-state index in [0.717, 1.165) is 5.56 Å². The number of nitrogens with zero attached hydrogens (tertiary/aromatic N) is 1. The van der Waals surface area contributed by atoms with Crippen molar-refractivity contribution in [2.45, 2.75) is 51.5 Å². The van der Waals surface area contributed by atoms with Gasteiger partial charge in [-0.25, -0.2) is 0 Å². The number of nitriles is 1. The van der Waals surface area contributed by atoms with Crippen LogP contribution in [0.5, 0.6) is 0 Å². The van der Waals surface area contributed by atoms with E-state index < -0.39 is 42.4 Å². The molecule has 2 unspecified atom stereocenters. The summed E-state index contributed by atoms with van der Waals surface area (Å²) in [5, 5.41) is 36.7. The Balaban J connectivity index is 2.06. The number of hydrogen-bond acceptors (Lipinski definition) is 7. The SMILES string of the molecule is CC(C)C=C(C#N)C(=O)NCCCCC(NC(=O)c1cccc(=O)[nH]1)C(=O)NC(Cc1ccccc1)B(O)O. The van der Waals surface area contributed by atoms with Gasteiger partial charge in [-0.2, -0.15) is 5.26 Å². The zero-order valence-corrected chi connectivity index (χ0v) is 22.0. The van der Waals surface area contributed by atoms with Crippen LogP contribution in [0.4, 0.5) is 0 Å². The third-order valence-corrected chi connectivity index (χ3v) is 5.69. The van der Waals surface area contributed by atoms with E-state index in [0.29, 0.717) is 12.8 Å². The molecule has 11 nitrogen and oxygen atoms in total. The van der Waals surface area contributed by atoms with E-state index in [1.54, 1.807) is 30.3 Å². The summed E-state index contributed by atoms with van der Waals surface area (Å²) in [5.74, 6) is -2.79. The molecule has 0 saturated carbocycles. The fourth-order valence-electron chi connectivity index (χ4n) is 3.74. The zero-order chi connectivity index (χ0) is 28.8. The maximum absolute atomic E-state index is 13.2. The summed E-state index contributed by atoms with van der Waals surface area (Å²) in [6.45, 7) is 3.96. The van der Waals surface area contributed by atoms with Crippen molar-refractivity contribution in [2.75, 3.05) is 6.54 Å². The van der Waals surface area contributed by atoms with Gasteiger partial charge in [-0.05, 0) is 43.2 Å². The van der Waals surface area contributed by atoms with Crippen molar-refractivity contribution in [3.05, 3.63) is 81.8 Å². The van der Waals surface area contributed by atoms with Crippen LogP contribution in [-0.4, -0.2) is 58.4 Å². The van der Waals surface area contributed by atoms with Gasteiger partial charge in [-0.15, -0.1) is 0 Å². The number of unbranched alkanes of at least 4 members (excludes halogenated alkanes) is 1. The molecule has 39 heavy (non-hydrogen) atoms. The second kappa shape index (κ2) is 15.9. The first-order valence-electron chi connectivity index (χ1n) is 12.7. The molecule has 1 heterocycles. The summed E-state index contributed by atoms with van der Waals surface area (Å²) < 4.78 is 0. The van der Waals surface area contributed by atoms with Gasteiger partial charge in [0.1, 0.15) is 23.4 Å². The molecule has 0 radical (unpaired) electrons. The van der Waals surface area contributed by atoms with E-state index in [2.05, 4.69) is 20.9 Å². The predicted octanol–water partition coefficient (Wildman–Crippen LogP) is 0.605. The molecule has 0 aliphatic heterocycles. The molecule has 2 rings (SSSR count). The average molecular weight is 535 g/mol. The van der Waals surface area contributed by atoms with Gasteiger partial charge in [0.2, 0.25) is 11.5 Å². The number of pyridine rings is 1. The Kier molecular flexibility index (Phi) is 12.7. The number of benzene rings is 1. The van der Waals surface area contributed by atoms with Crippen molar-refractivity contribution in [3.63, 3.8) is 0 Å². The number of H-pyrrole nitrogens is 1. The largest absolute Gasteiger partial charge is 0.475 e. The van der Waals surface area contributed by atoms with Gasteiger partial charge in [-0.1, -0.05) is 56.3 Å². The number of aromatic amines is 1. The van der Waals surface area contributed by atoms with Crippen LogP contribution in [0.2, 0.25) is 0 Å². The Morgan fingerprint density at radius 3 is 2.38 bits per heavy atom. The number of allylic oxidation sites excluding steroid dienone is 1. The van der Waals surface area contributed by atoms with E-state index in [9.17, 15) is 29.2 Å². The maximum Gasteiger partial charge on any atom is 0.475 e. The molecule has 2 atom stereocenters. The highest BCUT2D eigenvalue weighted by atomic mass is 16.4. The number of hydrogen-bond donors (Lipinski definition) is 6. The summed E-state index contributed by atoms with van der Waals surface area (Å²) in [6, 6.07) is 13.8. The van der Waals surface area contributed by atoms with Crippen molar-refractivity contribution < 1.29 is 24.4 Å². The second-order valence-corrected chi connectivity index (χ2v) is 9.36. The molecule has 3 amide bonds. The van der Waals surface area contributed by atoms with Gasteiger partial charge in [0, 0.05) is 12.6 Å². The molecule has 0 fully saturated rings. The standard InChI is InChI=1S/C27H34BN5O6/c1-18(2)15-20(17-29)25(35)30-14-7-6-11-22(32-26(36)21-12-8-13-24(34)31-21)27(37)33-23(28(38)39)16-19-9-4-3-5-10-19/h3-5,8-10,12-13,15,18,22-23,38-39H,6-7,11,14,16H2,1-2H3,(H,30,35)(H,31,34)(H,32,36)(H,33,37). The summed E-state index contributed by atoms with van der Waals surface area (Å²) in [6.07, 6.45) is 2.74. The van der Waals surface area contributed by atoms with Crippen LogP contribution < -0.4 is 21.5 Å². The molecular formula is C27H34BN5O6. The minimum Gasteiger partial charge on any atom is -0.426 e. The Morgan fingerprint density at radius 1 is 1.05 bits per heavy atom. The molecule has 6 N–H and O–H groups in total. The first kappa shape index (κ1) is 31.0. The van der Waals surface area contributed by atoms with E-state index in [1.165, 1.54) is 18.2 Å². The molecule has 0 aliphatic carbocycles. The lowest BCUT2D eigenvalue weighted by Crippen LogP contribution is -2.54. The predicted molar refractivity (Wildman–Crippen MR) is 146 cm³/mol. The third kappa shape index (κ3) is 11.0. The molecule has 0 bridgehead atoms. The van der Waals surface area contributed by atoms with Gasteiger partial charge in [0.25, 0.3) is 11.8 Å². The van der Waals surface area contributed by atoms with Crippen LogP contribution in [0.1, 0.15) is 49.2 Å². The van der Waals surface area contributed by atoms with Crippen LogP contribution in [0.15, 0.2) is 65.0 Å². The van der Waals surface area contributed by atoms with Gasteiger partial charge < -0.3 is 31.0 Å². The van der Waals surface area contributed by atoms with Crippen LogP contribution in [-0.2, 0) is 16.0 Å². The monoisotopic (exact) mass is 535 g/mol. The number of amides is 3. The van der Waals surface area contributed by atoms with Crippen molar-refractivity contribution in [1.29, 1.82) is 5.26 Å². The fraction of sp³-hybridized carbons (Fsp3) is 0.370. The Hall–Kier alpha value is -4.21. The van der Waals surface area contributed by atoms with E-state index in [4.69, 9.17) is 5.26 Å². The van der Waals surface area contributed by atoms with Crippen molar-refractivity contribution in [1.82, 2.24) is 20.9 Å². The molecule has 2 aromatic rings.